The van der Waals surface area contributed by atoms with E-state index >= 15 is 0 Å². The first-order chi connectivity index (χ1) is 11.6. The van der Waals surface area contributed by atoms with Gasteiger partial charge in [0.2, 0.25) is 0 Å². The Kier molecular flexibility index (Phi) is 4.16. The van der Waals surface area contributed by atoms with Crippen LogP contribution in [0.2, 0.25) is 0 Å². The van der Waals surface area contributed by atoms with E-state index in [-0.39, 0.29) is 5.91 Å². The van der Waals surface area contributed by atoms with Gasteiger partial charge in [0.05, 0.1) is 12.4 Å². The van der Waals surface area contributed by atoms with Crippen molar-refractivity contribution in [2.24, 2.45) is 11.8 Å². The molecule has 0 aromatic carbocycles. The summed E-state index contributed by atoms with van der Waals surface area (Å²) in [7, 11) is 4.34. The normalized spacial score (nSPS) is 27.3. The third-order valence-electron chi connectivity index (χ3n) is 5.78. The van der Waals surface area contributed by atoms with Crippen molar-refractivity contribution >= 4 is 11.7 Å². The lowest BCUT2D eigenvalue weighted by molar-refractivity contribution is 0.0786. The Morgan fingerprint density at radius 3 is 2.58 bits per heavy atom. The molecule has 3 fully saturated rings. The summed E-state index contributed by atoms with van der Waals surface area (Å²) in [6.07, 6.45) is 8.34. The lowest BCUT2D eigenvalue weighted by Crippen LogP contribution is -2.36. The highest BCUT2D eigenvalue weighted by molar-refractivity contribution is 5.92. The van der Waals surface area contributed by atoms with Crippen LogP contribution in [0.1, 0.15) is 36.2 Å². The summed E-state index contributed by atoms with van der Waals surface area (Å²) in [4.78, 5) is 28.1. The fourth-order valence-corrected chi connectivity index (χ4v) is 4.23. The predicted molar refractivity (Wildman–Crippen MR) is 93.1 cm³/mol. The van der Waals surface area contributed by atoms with Gasteiger partial charge < -0.3 is 14.7 Å². The van der Waals surface area contributed by atoms with Gasteiger partial charge in [0.25, 0.3) is 5.91 Å². The van der Waals surface area contributed by atoms with Gasteiger partial charge in [0.15, 0.2) is 0 Å². The molecular weight excluding hydrogens is 302 g/mol. The Hall–Kier alpha value is -1.69. The van der Waals surface area contributed by atoms with Crippen molar-refractivity contribution in [3.8, 4) is 0 Å². The number of aromatic nitrogens is 2. The molecule has 3 aliphatic rings. The molecule has 2 unspecified atom stereocenters. The summed E-state index contributed by atoms with van der Waals surface area (Å²) < 4.78 is 0. The average Bonchev–Trinajstić information content (AvgIpc) is 3.12. The van der Waals surface area contributed by atoms with Gasteiger partial charge in [-0.3, -0.25) is 9.78 Å². The Balaban J connectivity index is 1.52. The number of hydrogen-bond donors (Lipinski definition) is 0. The first-order valence-corrected chi connectivity index (χ1v) is 9.16. The fourth-order valence-electron chi connectivity index (χ4n) is 4.23. The second kappa shape index (κ2) is 6.31. The molecule has 6 nitrogen and oxygen atoms in total. The molecule has 6 heteroatoms. The number of nitrogens with zero attached hydrogens (tertiary/aromatic N) is 5. The highest BCUT2D eigenvalue weighted by Gasteiger charge is 2.43. The number of likely N-dealkylation sites (tertiary alicyclic amines) is 1. The number of hydrogen-bond acceptors (Lipinski definition) is 5. The molecule has 4 rings (SSSR count). The van der Waals surface area contributed by atoms with Gasteiger partial charge in [0, 0.05) is 32.2 Å². The molecule has 1 aliphatic carbocycles. The lowest BCUT2D eigenvalue weighted by Gasteiger charge is -2.24. The standard InChI is InChI=1S/C18H27N5O/c1-21(2)16-12-23(11-14(16)13-5-6-13)17-10-19-9-15(20-17)18(24)22-7-3-4-8-22/h9-10,13-14,16H,3-8,11-12H2,1-2H3. The monoisotopic (exact) mass is 329 g/mol. The second-order valence-electron chi connectivity index (χ2n) is 7.70. The van der Waals surface area contributed by atoms with Crippen LogP contribution in [0.25, 0.3) is 0 Å². The van der Waals surface area contributed by atoms with Crippen molar-refractivity contribution in [1.82, 2.24) is 19.8 Å². The van der Waals surface area contributed by atoms with E-state index in [0.29, 0.717) is 17.7 Å². The summed E-state index contributed by atoms with van der Waals surface area (Å²) >= 11 is 0. The number of carbonyl (C=O) groups is 1. The Morgan fingerprint density at radius 1 is 1.17 bits per heavy atom. The van der Waals surface area contributed by atoms with Gasteiger partial charge in [-0.1, -0.05) is 0 Å². The van der Waals surface area contributed by atoms with E-state index in [1.807, 2.05) is 11.1 Å². The van der Waals surface area contributed by atoms with Crippen LogP contribution in [0.15, 0.2) is 12.4 Å². The molecular formula is C18H27N5O. The molecule has 1 saturated carbocycles. The molecule has 3 heterocycles. The fraction of sp³-hybridized carbons (Fsp3) is 0.722. The zero-order valence-electron chi connectivity index (χ0n) is 14.7. The molecule has 0 bridgehead atoms. The molecule has 24 heavy (non-hydrogen) atoms. The van der Waals surface area contributed by atoms with E-state index in [2.05, 4.69) is 33.9 Å². The molecule has 1 aromatic rings. The van der Waals surface area contributed by atoms with Crippen molar-refractivity contribution in [3.05, 3.63) is 18.1 Å². The minimum atomic E-state index is 0.0314. The number of amides is 1. The zero-order valence-corrected chi connectivity index (χ0v) is 14.7. The molecule has 2 aliphatic heterocycles. The molecule has 2 atom stereocenters. The molecule has 130 valence electrons. The van der Waals surface area contributed by atoms with Crippen molar-refractivity contribution < 1.29 is 4.79 Å². The molecule has 2 saturated heterocycles. The molecule has 0 N–H and O–H groups in total. The second-order valence-corrected chi connectivity index (χ2v) is 7.70. The molecule has 1 aromatic heterocycles. The van der Waals surface area contributed by atoms with Gasteiger partial charge in [-0.25, -0.2) is 4.98 Å². The first kappa shape index (κ1) is 15.8. The van der Waals surface area contributed by atoms with Crippen LogP contribution in [0.3, 0.4) is 0 Å². The number of anilines is 1. The molecule has 1 amide bonds. The van der Waals surface area contributed by atoms with Crippen LogP contribution >= 0.6 is 0 Å². The predicted octanol–water partition coefficient (Wildman–Crippen LogP) is 1.49. The van der Waals surface area contributed by atoms with E-state index in [4.69, 9.17) is 0 Å². The number of rotatable bonds is 4. The lowest BCUT2D eigenvalue weighted by atomic mass is 9.97. The van der Waals surface area contributed by atoms with Crippen molar-refractivity contribution in [2.45, 2.75) is 31.7 Å². The maximum atomic E-state index is 12.6. The topological polar surface area (TPSA) is 52.6 Å². The van der Waals surface area contributed by atoms with Crippen LogP contribution in [0, 0.1) is 11.8 Å². The van der Waals surface area contributed by atoms with E-state index < -0.39 is 0 Å². The van der Waals surface area contributed by atoms with E-state index in [1.54, 1.807) is 6.20 Å². The van der Waals surface area contributed by atoms with Crippen LogP contribution < -0.4 is 4.90 Å². The Labute approximate surface area is 143 Å². The Morgan fingerprint density at radius 2 is 1.92 bits per heavy atom. The minimum absolute atomic E-state index is 0.0314. The summed E-state index contributed by atoms with van der Waals surface area (Å²) in [6.45, 7) is 3.70. The third kappa shape index (κ3) is 2.99. The van der Waals surface area contributed by atoms with Crippen molar-refractivity contribution in [3.63, 3.8) is 0 Å². The summed E-state index contributed by atoms with van der Waals surface area (Å²) in [6, 6.07) is 0.567. The number of carbonyl (C=O) groups excluding carboxylic acids is 1. The maximum absolute atomic E-state index is 12.6. The highest BCUT2D eigenvalue weighted by Crippen LogP contribution is 2.43. The van der Waals surface area contributed by atoms with Crippen molar-refractivity contribution in [1.29, 1.82) is 0 Å². The third-order valence-corrected chi connectivity index (χ3v) is 5.78. The van der Waals surface area contributed by atoms with Crippen LogP contribution in [0.5, 0.6) is 0 Å². The smallest absolute Gasteiger partial charge is 0.274 e. The van der Waals surface area contributed by atoms with E-state index in [9.17, 15) is 4.79 Å². The van der Waals surface area contributed by atoms with Gasteiger partial charge in [-0.15, -0.1) is 0 Å². The van der Waals surface area contributed by atoms with E-state index in [1.165, 1.54) is 12.8 Å². The van der Waals surface area contributed by atoms with Gasteiger partial charge in [-0.05, 0) is 51.6 Å². The van der Waals surface area contributed by atoms with E-state index in [0.717, 1.165) is 50.8 Å². The van der Waals surface area contributed by atoms with Crippen LogP contribution in [0.4, 0.5) is 5.82 Å². The minimum Gasteiger partial charge on any atom is -0.353 e. The van der Waals surface area contributed by atoms with Gasteiger partial charge in [-0.2, -0.15) is 0 Å². The largest absolute Gasteiger partial charge is 0.353 e. The van der Waals surface area contributed by atoms with Crippen molar-refractivity contribution in [2.75, 3.05) is 45.2 Å². The van der Waals surface area contributed by atoms with Gasteiger partial charge in [0.1, 0.15) is 11.5 Å². The molecule has 0 radical (unpaired) electrons. The maximum Gasteiger partial charge on any atom is 0.274 e. The van der Waals surface area contributed by atoms with Crippen LogP contribution in [-0.4, -0.2) is 72.0 Å². The van der Waals surface area contributed by atoms with Gasteiger partial charge >= 0.3 is 0 Å². The first-order valence-electron chi connectivity index (χ1n) is 9.16. The van der Waals surface area contributed by atoms with Crippen LogP contribution in [-0.2, 0) is 0 Å². The summed E-state index contributed by atoms with van der Waals surface area (Å²) in [5.41, 5.74) is 0.491. The number of likely N-dealkylation sites (N-methyl/N-ethyl adjacent to an activating group) is 1. The summed E-state index contributed by atoms with van der Waals surface area (Å²) in [5, 5.41) is 0. The highest BCUT2D eigenvalue weighted by atomic mass is 16.2. The average molecular weight is 329 g/mol. The zero-order chi connectivity index (χ0) is 16.7. The quantitative estimate of drug-likeness (QED) is 0.838. The Bertz CT molecular complexity index is 599. The summed E-state index contributed by atoms with van der Waals surface area (Å²) in [5.74, 6) is 2.46. The molecule has 0 spiro atoms. The SMILES string of the molecule is CN(C)C1CN(c2cncc(C(=O)N3CCCC3)n2)CC1C1CC1.